The zero-order valence-corrected chi connectivity index (χ0v) is 20.9. The lowest BCUT2D eigenvalue weighted by molar-refractivity contribution is -0.235. The third-order valence-electron chi connectivity index (χ3n) is 10.3. The first kappa shape index (κ1) is 23.1. The predicted octanol–water partition coefficient (Wildman–Crippen LogP) is 6.31. The molecule has 176 valence electrons. The highest BCUT2D eigenvalue weighted by Gasteiger charge is 2.72. The summed E-state index contributed by atoms with van der Waals surface area (Å²) < 4.78 is 12.2. The zero-order chi connectivity index (χ0) is 22.8. The average molecular weight is 433 g/mol. The molecule has 0 aromatic rings. The van der Waals surface area contributed by atoms with Gasteiger partial charge in [0.2, 0.25) is 0 Å². The van der Waals surface area contributed by atoms with Crippen molar-refractivity contribution in [2.24, 2.45) is 39.4 Å². The molecule has 0 saturated heterocycles. The Bertz CT molecular complexity index is 742. The Morgan fingerprint density at radius 1 is 0.968 bits per heavy atom. The SMILES string of the molecule is CC(=O)OC1C[C@H]2C(C)(C)CCC[C@]2(C)[C@@]23CC[C@@](C)(C2)C(OC(=O)CC(C)C)C[C@H]13. The number of hydrogen-bond acceptors (Lipinski definition) is 4. The summed E-state index contributed by atoms with van der Waals surface area (Å²) in [4.78, 5) is 24.8. The van der Waals surface area contributed by atoms with Crippen molar-refractivity contribution in [2.45, 2.75) is 118 Å². The van der Waals surface area contributed by atoms with Crippen molar-refractivity contribution in [3.63, 3.8) is 0 Å². The molecule has 4 saturated carbocycles. The molecule has 0 heterocycles. The van der Waals surface area contributed by atoms with Crippen LogP contribution >= 0.6 is 0 Å². The van der Waals surface area contributed by atoms with E-state index in [4.69, 9.17) is 9.47 Å². The first-order valence-corrected chi connectivity index (χ1v) is 12.7. The summed E-state index contributed by atoms with van der Waals surface area (Å²) in [6.45, 7) is 15.5. The molecule has 7 atom stereocenters. The molecule has 2 bridgehead atoms. The molecular formula is C27H44O4. The number of carbonyl (C=O) groups excluding carboxylic acids is 2. The normalized spacial score (nSPS) is 45.5. The lowest BCUT2D eigenvalue weighted by Gasteiger charge is -2.68. The zero-order valence-electron chi connectivity index (χ0n) is 20.9. The van der Waals surface area contributed by atoms with Crippen molar-refractivity contribution in [2.75, 3.05) is 0 Å². The monoisotopic (exact) mass is 432 g/mol. The van der Waals surface area contributed by atoms with Gasteiger partial charge >= 0.3 is 11.9 Å². The third kappa shape index (κ3) is 3.55. The minimum absolute atomic E-state index is 0.0381. The van der Waals surface area contributed by atoms with Gasteiger partial charge in [-0.05, 0) is 73.0 Å². The van der Waals surface area contributed by atoms with E-state index in [1.807, 2.05) is 0 Å². The van der Waals surface area contributed by atoms with Gasteiger partial charge in [-0.3, -0.25) is 9.59 Å². The van der Waals surface area contributed by atoms with Gasteiger partial charge in [-0.1, -0.05) is 48.0 Å². The molecule has 0 aromatic heterocycles. The van der Waals surface area contributed by atoms with Crippen molar-refractivity contribution in [1.82, 2.24) is 0 Å². The molecule has 4 nitrogen and oxygen atoms in total. The van der Waals surface area contributed by atoms with E-state index in [0.29, 0.717) is 24.2 Å². The van der Waals surface area contributed by atoms with Gasteiger partial charge in [0.05, 0.1) is 0 Å². The van der Waals surface area contributed by atoms with Crippen LogP contribution in [0, 0.1) is 39.4 Å². The summed E-state index contributed by atoms with van der Waals surface area (Å²) in [5.41, 5.74) is 0.755. The first-order chi connectivity index (χ1) is 14.3. The number of hydrogen-bond donors (Lipinski definition) is 0. The molecule has 4 rings (SSSR count). The Balaban J connectivity index is 1.71. The van der Waals surface area contributed by atoms with Gasteiger partial charge in [-0.2, -0.15) is 0 Å². The topological polar surface area (TPSA) is 52.6 Å². The lowest BCUT2D eigenvalue weighted by Crippen LogP contribution is -2.64. The molecule has 1 spiro atoms. The molecule has 4 heteroatoms. The molecule has 0 amide bonds. The van der Waals surface area contributed by atoms with Gasteiger partial charge in [-0.15, -0.1) is 0 Å². The quantitative estimate of drug-likeness (QED) is 0.489. The predicted molar refractivity (Wildman–Crippen MR) is 121 cm³/mol. The van der Waals surface area contributed by atoms with Gasteiger partial charge in [0.1, 0.15) is 12.2 Å². The van der Waals surface area contributed by atoms with Crippen molar-refractivity contribution >= 4 is 11.9 Å². The van der Waals surface area contributed by atoms with Crippen LogP contribution in [0.2, 0.25) is 0 Å². The van der Waals surface area contributed by atoms with E-state index < -0.39 is 0 Å². The fraction of sp³-hybridized carbons (Fsp3) is 0.926. The first-order valence-electron chi connectivity index (χ1n) is 12.7. The van der Waals surface area contributed by atoms with Gasteiger partial charge in [0.25, 0.3) is 0 Å². The second-order valence-corrected chi connectivity index (χ2v) is 13.1. The Morgan fingerprint density at radius 3 is 2.32 bits per heavy atom. The van der Waals surface area contributed by atoms with E-state index in [1.165, 1.54) is 25.7 Å². The lowest BCUT2D eigenvalue weighted by atomic mass is 9.37. The molecule has 0 aliphatic heterocycles. The van der Waals surface area contributed by atoms with Gasteiger partial charge in [0.15, 0.2) is 0 Å². The maximum absolute atomic E-state index is 12.6. The molecule has 4 aliphatic rings. The van der Waals surface area contributed by atoms with E-state index in [2.05, 4.69) is 41.5 Å². The Labute approximate surface area is 189 Å². The van der Waals surface area contributed by atoms with Crippen molar-refractivity contribution < 1.29 is 19.1 Å². The highest BCUT2D eigenvalue weighted by molar-refractivity contribution is 5.70. The molecule has 4 fully saturated rings. The highest BCUT2D eigenvalue weighted by atomic mass is 16.6. The minimum atomic E-state index is -0.169. The van der Waals surface area contributed by atoms with Crippen LogP contribution in [0.15, 0.2) is 0 Å². The molecule has 0 aromatic carbocycles. The molecule has 2 unspecified atom stereocenters. The second kappa shape index (κ2) is 7.48. The van der Waals surface area contributed by atoms with E-state index >= 15 is 0 Å². The van der Waals surface area contributed by atoms with E-state index in [-0.39, 0.29) is 45.8 Å². The van der Waals surface area contributed by atoms with Crippen LogP contribution in [-0.2, 0) is 19.1 Å². The summed E-state index contributed by atoms with van der Waals surface area (Å²) in [5, 5.41) is 0. The van der Waals surface area contributed by atoms with Crippen LogP contribution in [0.25, 0.3) is 0 Å². The largest absolute Gasteiger partial charge is 0.462 e. The van der Waals surface area contributed by atoms with Crippen LogP contribution in [0.5, 0.6) is 0 Å². The van der Waals surface area contributed by atoms with E-state index in [9.17, 15) is 9.59 Å². The van der Waals surface area contributed by atoms with Crippen molar-refractivity contribution in [3.05, 3.63) is 0 Å². The number of ether oxygens (including phenoxy) is 2. The molecule has 0 N–H and O–H groups in total. The number of fused-ring (bicyclic) bond motifs is 2. The standard InChI is InChI=1S/C27H44O4/c1-17(2)13-23(29)31-22-14-19-20(30-18(3)28)15-21-24(4,5)9-8-10-26(21,7)27(19)12-11-25(22,6)16-27/h17,19-22H,8-16H2,1-7H3/t19-,20?,21+,22?,25+,26+,27+/m1/s1. The average Bonchev–Trinajstić information content (AvgIpc) is 2.93. The molecular weight excluding hydrogens is 388 g/mol. The van der Waals surface area contributed by atoms with Gasteiger partial charge in [-0.25, -0.2) is 0 Å². The molecule has 31 heavy (non-hydrogen) atoms. The fourth-order valence-corrected chi connectivity index (χ4v) is 8.92. The maximum Gasteiger partial charge on any atom is 0.306 e. The number of esters is 2. The van der Waals surface area contributed by atoms with E-state index in [1.54, 1.807) is 6.92 Å². The smallest absolute Gasteiger partial charge is 0.306 e. The third-order valence-corrected chi connectivity index (χ3v) is 10.3. The minimum Gasteiger partial charge on any atom is -0.462 e. The fourth-order valence-electron chi connectivity index (χ4n) is 8.92. The van der Waals surface area contributed by atoms with Crippen LogP contribution in [0.4, 0.5) is 0 Å². The number of carbonyl (C=O) groups is 2. The molecule has 4 aliphatic carbocycles. The summed E-state index contributed by atoms with van der Waals surface area (Å²) in [6, 6.07) is 0. The summed E-state index contributed by atoms with van der Waals surface area (Å²) in [6.07, 6.45) is 9.37. The van der Waals surface area contributed by atoms with Crippen LogP contribution in [0.1, 0.15) is 106 Å². The van der Waals surface area contributed by atoms with Crippen molar-refractivity contribution in [1.29, 1.82) is 0 Å². The molecule has 0 radical (unpaired) electrons. The van der Waals surface area contributed by atoms with Crippen LogP contribution < -0.4 is 0 Å². The summed E-state index contributed by atoms with van der Waals surface area (Å²) in [5.74, 6) is 0.926. The van der Waals surface area contributed by atoms with Crippen molar-refractivity contribution in [3.8, 4) is 0 Å². The summed E-state index contributed by atoms with van der Waals surface area (Å²) in [7, 11) is 0. The van der Waals surface area contributed by atoms with E-state index in [0.717, 1.165) is 25.7 Å². The van der Waals surface area contributed by atoms with Gasteiger partial charge < -0.3 is 9.47 Å². The highest BCUT2D eigenvalue weighted by Crippen LogP contribution is 2.76. The van der Waals surface area contributed by atoms with Crippen LogP contribution in [0.3, 0.4) is 0 Å². The Hall–Kier alpha value is -1.06. The maximum atomic E-state index is 12.6. The number of rotatable bonds is 4. The Kier molecular flexibility index (Phi) is 5.58. The second-order valence-electron chi connectivity index (χ2n) is 13.1. The summed E-state index contributed by atoms with van der Waals surface area (Å²) >= 11 is 0. The Morgan fingerprint density at radius 2 is 1.68 bits per heavy atom. The van der Waals surface area contributed by atoms with Gasteiger partial charge in [0, 0.05) is 24.7 Å². The van der Waals surface area contributed by atoms with Crippen LogP contribution in [-0.4, -0.2) is 24.1 Å².